The fourth-order valence-electron chi connectivity index (χ4n) is 2.09. The van der Waals surface area contributed by atoms with Crippen LogP contribution < -0.4 is 10.6 Å². The molecule has 0 bridgehead atoms. The number of hydrogen-bond acceptors (Lipinski definition) is 3. The van der Waals surface area contributed by atoms with Crippen molar-refractivity contribution in [3.05, 3.63) is 59.2 Å². The van der Waals surface area contributed by atoms with Gasteiger partial charge >= 0.3 is 0 Å². The van der Waals surface area contributed by atoms with E-state index in [0.717, 1.165) is 11.3 Å². The van der Waals surface area contributed by atoms with Crippen molar-refractivity contribution in [2.45, 2.75) is 20.3 Å². The third-order valence-corrected chi connectivity index (χ3v) is 3.36. The van der Waals surface area contributed by atoms with Crippen LogP contribution in [0.1, 0.15) is 23.1 Å². The summed E-state index contributed by atoms with van der Waals surface area (Å²) >= 11 is 0. The first kappa shape index (κ1) is 15.6. The predicted molar refractivity (Wildman–Crippen MR) is 88.8 cm³/mol. The second kappa shape index (κ2) is 7.28. The van der Waals surface area contributed by atoms with Crippen LogP contribution in [0.4, 0.5) is 11.4 Å². The summed E-state index contributed by atoms with van der Waals surface area (Å²) in [7, 11) is 0. The molecule has 2 N–H and O–H groups in total. The molecular formula is C18H19N3O. The fraction of sp³-hybridized carbons (Fsp3) is 0.222. The van der Waals surface area contributed by atoms with Gasteiger partial charge in [0.25, 0.3) is 0 Å². The molecule has 0 fully saturated rings. The van der Waals surface area contributed by atoms with Gasteiger partial charge in [0.1, 0.15) is 0 Å². The Kier molecular flexibility index (Phi) is 5.16. The highest BCUT2D eigenvalue weighted by atomic mass is 16.1. The molecule has 2 aromatic carbocycles. The van der Waals surface area contributed by atoms with E-state index in [1.54, 1.807) is 24.3 Å². The van der Waals surface area contributed by atoms with Crippen molar-refractivity contribution in [2.24, 2.45) is 0 Å². The second-order valence-electron chi connectivity index (χ2n) is 5.23. The molecule has 0 radical (unpaired) electrons. The highest BCUT2D eigenvalue weighted by Gasteiger charge is 2.03. The zero-order valence-corrected chi connectivity index (χ0v) is 12.8. The standard InChI is InChI=1S/C18H19N3O/c1-13-3-4-14(2)17(11-13)20-10-9-18(22)21-16-7-5-15(12-19)6-8-16/h3-8,11,20H,9-10H2,1-2H3,(H,21,22). The first-order valence-electron chi connectivity index (χ1n) is 7.19. The van der Waals surface area contributed by atoms with Crippen molar-refractivity contribution in [3.63, 3.8) is 0 Å². The molecule has 0 atom stereocenters. The summed E-state index contributed by atoms with van der Waals surface area (Å²) in [6.07, 6.45) is 0.382. The van der Waals surface area contributed by atoms with Gasteiger partial charge in [-0.2, -0.15) is 5.26 Å². The Labute approximate surface area is 130 Å². The summed E-state index contributed by atoms with van der Waals surface area (Å²) in [5, 5.41) is 14.8. The number of benzene rings is 2. The molecule has 2 aromatic rings. The third kappa shape index (κ3) is 4.35. The average Bonchev–Trinajstić information content (AvgIpc) is 2.51. The van der Waals surface area contributed by atoms with Gasteiger partial charge in [-0.25, -0.2) is 0 Å². The first-order chi connectivity index (χ1) is 10.6. The largest absolute Gasteiger partial charge is 0.384 e. The van der Waals surface area contributed by atoms with E-state index in [1.807, 2.05) is 19.9 Å². The number of carbonyl (C=O) groups excluding carboxylic acids is 1. The van der Waals surface area contributed by atoms with Crippen LogP contribution in [-0.4, -0.2) is 12.5 Å². The van der Waals surface area contributed by atoms with Crippen LogP contribution in [0, 0.1) is 25.2 Å². The van der Waals surface area contributed by atoms with Gasteiger partial charge in [-0.1, -0.05) is 12.1 Å². The Morgan fingerprint density at radius 3 is 2.55 bits per heavy atom. The van der Waals surface area contributed by atoms with Gasteiger partial charge in [-0.3, -0.25) is 4.79 Å². The van der Waals surface area contributed by atoms with E-state index in [2.05, 4.69) is 28.8 Å². The molecule has 0 saturated heterocycles. The normalized spacial score (nSPS) is 9.86. The number of rotatable bonds is 5. The zero-order chi connectivity index (χ0) is 15.9. The molecule has 0 aliphatic rings. The van der Waals surface area contributed by atoms with Crippen molar-refractivity contribution in [2.75, 3.05) is 17.2 Å². The molecular weight excluding hydrogens is 274 g/mol. The van der Waals surface area contributed by atoms with Gasteiger partial charge in [0.15, 0.2) is 0 Å². The lowest BCUT2D eigenvalue weighted by molar-refractivity contribution is -0.115. The van der Waals surface area contributed by atoms with Crippen LogP contribution in [0.2, 0.25) is 0 Å². The lowest BCUT2D eigenvalue weighted by atomic mass is 10.1. The van der Waals surface area contributed by atoms with Crippen LogP contribution in [0.3, 0.4) is 0 Å². The smallest absolute Gasteiger partial charge is 0.226 e. The third-order valence-electron chi connectivity index (χ3n) is 3.36. The van der Waals surface area contributed by atoms with Crippen molar-refractivity contribution in [3.8, 4) is 6.07 Å². The fourth-order valence-corrected chi connectivity index (χ4v) is 2.09. The van der Waals surface area contributed by atoms with Crippen molar-refractivity contribution < 1.29 is 4.79 Å². The number of amides is 1. The van der Waals surface area contributed by atoms with E-state index in [9.17, 15) is 4.79 Å². The molecule has 0 spiro atoms. The summed E-state index contributed by atoms with van der Waals surface area (Å²) in [6.45, 7) is 4.66. The summed E-state index contributed by atoms with van der Waals surface area (Å²) < 4.78 is 0. The number of nitrogens with zero attached hydrogens (tertiary/aromatic N) is 1. The minimum atomic E-state index is -0.0532. The van der Waals surface area contributed by atoms with E-state index in [4.69, 9.17) is 5.26 Å². The summed E-state index contributed by atoms with van der Waals surface area (Å²) in [6, 6.07) is 15.1. The molecule has 0 aliphatic heterocycles. The van der Waals surface area contributed by atoms with E-state index in [0.29, 0.717) is 24.2 Å². The van der Waals surface area contributed by atoms with E-state index < -0.39 is 0 Å². The molecule has 0 aromatic heterocycles. The Morgan fingerprint density at radius 2 is 1.86 bits per heavy atom. The molecule has 1 amide bonds. The van der Waals surface area contributed by atoms with Crippen molar-refractivity contribution in [1.29, 1.82) is 5.26 Å². The molecule has 0 saturated carbocycles. The molecule has 0 aliphatic carbocycles. The van der Waals surface area contributed by atoms with E-state index in [1.165, 1.54) is 5.56 Å². The van der Waals surface area contributed by atoms with Gasteiger partial charge in [0, 0.05) is 24.3 Å². The van der Waals surface area contributed by atoms with Gasteiger partial charge in [-0.05, 0) is 55.3 Å². The maximum absolute atomic E-state index is 11.9. The monoisotopic (exact) mass is 293 g/mol. The molecule has 112 valence electrons. The van der Waals surface area contributed by atoms with Crippen molar-refractivity contribution in [1.82, 2.24) is 0 Å². The average molecular weight is 293 g/mol. The Balaban J connectivity index is 1.82. The van der Waals surface area contributed by atoms with E-state index >= 15 is 0 Å². The number of aryl methyl sites for hydroxylation is 2. The van der Waals surface area contributed by atoms with Gasteiger partial charge in [0.05, 0.1) is 11.6 Å². The van der Waals surface area contributed by atoms with Crippen LogP contribution in [0.25, 0.3) is 0 Å². The highest BCUT2D eigenvalue weighted by molar-refractivity contribution is 5.91. The summed E-state index contributed by atoms with van der Waals surface area (Å²) in [5.41, 5.74) is 4.70. The van der Waals surface area contributed by atoms with Gasteiger partial charge in [0.2, 0.25) is 5.91 Å². The Hall–Kier alpha value is -2.80. The summed E-state index contributed by atoms with van der Waals surface area (Å²) in [4.78, 5) is 11.9. The van der Waals surface area contributed by atoms with Gasteiger partial charge in [-0.15, -0.1) is 0 Å². The van der Waals surface area contributed by atoms with Crippen LogP contribution in [0.5, 0.6) is 0 Å². The maximum atomic E-state index is 11.9. The quantitative estimate of drug-likeness (QED) is 0.885. The van der Waals surface area contributed by atoms with Crippen LogP contribution >= 0.6 is 0 Å². The predicted octanol–water partition coefficient (Wildman–Crippen LogP) is 3.62. The number of anilines is 2. The van der Waals surface area contributed by atoms with Crippen LogP contribution in [0.15, 0.2) is 42.5 Å². The lowest BCUT2D eigenvalue weighted by Gasteiger charge is -2.10. The summed E-state index contributed by atoms with van der Waals surface area (Å²) in [5.74, 6) is -0.0532. The SMILES string of the molecule is Cc1ccc(C)c(NCCC(=O)Nc2ccc(C#N)cc2)c1. The topological polar surface area (TPSA) is 64.9 Å². The first-order valence-corrected chi connectivity index (χ1v) is 7.19. The number of carbonyl (C=O) groups is 1. The van der Waals surface area contributed by atoms with Gasteiger partial charge < -0.3 is 10.6 Å². The molecule has 4 heteroatoms. The molecule has 0 heterocycles. The van der Waals surface area contributed by atoms with E-state index in [-0.39, 0.29) is 5.91 Å². The zero-order valence-electron chi connectivity index (χ0n) is 12.8. The Morgan fingerprint density at radius 1 is 1.14 bits per heavy atom. The highest BCUT2D eigenvalue weighted by Crippen LogP contribution is 2.16. The molecule has 22 heavy (non-hydrogen) atoms. The van der Waals surface area contributed by atoms with Crippen molar-refractivity contribution >= 4 is 17.3 Å². The molecule has 0 unspecified atom stereocenters. The number of hydrogen-bond donors (Lipinski definition) is 2. The lowest BCUT2D eigenvalue weighted by Crippen LogP contribution is -2.16. The van der Waals surface area contributed by atoms with Crippen LogP contribution in [-0.2, 0) is 4.79 Å². The minimum Gasteiger partial charge on any atom is -0.384 e. The minimum absolute atomic E-state index is 0.0532. The molecule has 4 nitrogen and oxygen atoms in total. The number of nitriles is 1. The number of nitrogens with one attached hydrogen (secondary N) is 2. The Bertz CT molecular complexity index is 699. The second-order valence-corrected chi connectivity index (χ2v) is 5.23. The molecule has 2 rings (SSSR count). The maximum Gasteiger partial charge on any atom is 0.226 e.